The van der Waals surface area contributed by atoms with E-state index >= 15 is 0 Å². The minimum Gasteiger partial charge on any atom is -0.497 e. The lowest BCUT2D eigenvalue weighted by atomic mass is 10.1. The first-order valence-electron chi connectivity index (χ1n) is 8.73. The zero-order valence-corrected chi connectivity index (χ0v) is 16.8. The molecule has 6 nitrogen and oxygen atoms in total. The lowest BCUT2D eigenvalue weighted by Gasteiger charge is -2.14. The van der Waals surface area contributed by atoms with E-state index in [-0.39, 0.29) is 0 Å². The Balaban J connectivity index is 2.16. The second-order valence-corrected chi connectivity index (χ2v) is 8.85. The summed E-state index contributed by atoms with van der Waals surface area (Å²) in [6.07, 6.45) is 1.13. The van der Waals surface area contributed by atoms with Crippen LogP contribution in [0.1, 0.15) is 13.8 Å². The predicted molar refractivity (Wildman–Crippen MR) is 112 cm³/mol. The highest BCUT2D eigenvalue weighted by Crippen LogP contribution is 2.38. The number of anilines is 2. The van der Waals surface area contributed by atoms with Crippen LogP contribution in [0, 0.1) is 5.92 Å². The van der Waals surface area contributed by atoms with Crippen molar-refractivity contribution in [1.29, 1.82) is 0 Å². The predicted octanol–water partition coefficient (Wildman–Crippen LogP) is 3.93. The molecule has 0 aliphatic carbocycles. The molecule has 0 aliphatic heterocycles. The SMILES string of the molecule is COc1ccc2c(N)c(-c3ccc(NS(C)(=O)=O)cc3)n(CC(C)C)c2c1. The standard InChI is InChI=1S/C20H25N3O3S/c1-13(2)12-23-18-11-16(26-3)9-10-17(18)19(21)20(23)14-5-7-15(8-6-14)22-27(4,24)25/h5-11,13,22H,12,21H2,1-4H3. The summed E-state index contributed by atoms with van der Waals surface area (Å²) >= 11 is 0. The minimum atomic E-state index is -3.31. The molecule has 0 saturated heterocycles. The van der Waals surface area contributed by atoms with E-state index in [1.165, 1.54) is 0 Å². The number of sulfonamides is 1. The van der Waals surface area contributed by atoms with Gasteiger partial charge in [0, 0.05) is 29.2 Å². The monoisotopic (exact) mass is 387 g/mol. The van der Waals surface area contributed by atoms with Gasteiger partial charge in [0.05, 0.1) is 30.3 Å². The fourth-order valence-corrected chi connectivity index (χ4v) is 3.82. The van der Waals surface area contributed by atoms with Gasteiger partial charge in [-0.15, -0.1) is 0 Å². The second-order valence-electron chi connectivity index (χ2n) is 7.10. The summed E-state index contributed by atoms with van der Waals surface area (Å²) < 4.78 is 32.9. The van der Waals surface area contributed by atoms with Crippen molar-refractivity contribution in [3.8, 4) is 17.0 Å². The molecule has 1 aromatic heterocycles. The Bertz CT molecular complexity index is 1070. The van der Waals surface area contributed by atoms with Crippen molar-refractivity contribution in [1.82, 2.24) is 4.57 Å². The first kappa shape index (κ1) is 19.1. The van der Waals surface area contributed by atoms with Gasteiger partial charge in [0.25, 0.3) is 0 Å². The number of hydrogen-bond donors (Lipinski definition) is 2. The van der Waals surface area contributed by atoms with Crippen molar-refractivity contribution >= 4 is 32.3 Å². The fraction of sp³-hybridized carbons (Fsp3) is 0.300. The number of nitrogens with zero attached hydrogens (tertiary/aromatic N) is 1. The molecular formula is C20H25N3O3S. The first-order chi connectivity index (χ1) is 12.7. The first-order valence-corrected chi connectivity index (χ1v) is 10.6. The van der Waals surface area contributed by atoms with Gasteiger partial charge < -0.3 is 15.0 Å². The van der Waals surface area contributed by atoms with E-state index < -0.39 is 10.0 Å². The number of nitrogen functional groups attached to an aromatic ring is 1. The molecule has 1 heterocycles. The molecule has 3 rings (SSSR count). The molecule has 144 valence electrons. The van der Waals surface area contributed by atoms with Crippen LogP contribution in [0.5, 0.6) is 5.75 Å². The van der Waals surface area contributed by atoms with Gasteiger partial charge in [-0.25, -0.2) is 8.42 Å². The molecule has 0 amide bonds. The number of methoxy groups -OCH3 is 1. The second kappa shape index (κ2) is 7.15. The Morgan fingerprint density at radius 1 is 1.15 bits per heavy atom. The highest BCUT2D eigenvalue weighted by molar-refractivity contribution is 7.92. The van der Waals surface area contributed by atoms with Gasteiger partial charge in [0.2, 0.25) is 10.0 Å². The van der Waals surface area contributed by atoms with Crippen LogP contribution < -0.4 is 15.2 Å². The van der Waals surface area contributed by atoms with Gasteiger partial charge in [-0.2, -0.15) is 0 Å². The molecule has 2 aromatic carbocycles. The van der Waals surface area contributed by atoms with Crippen LogP contribution in [-0.4, -0.2) is 26.4 Å². The summed E-state index contributed by atoms with van der Waals surface area (Å²) in [7, 11) is -1.66. The molecule has 0 bridgehead atoms. The summed E-state index contributed by atoms with van der Waals surface area (Å²) in [5, 5.41) is 0.977. The van der Waals surface area contributed by atoms with Gasteiger partial charge >= 0.3 is 0 Å². The van der Waals surface area contributed by atoms with Crippen LogP contribution in [0.3, 0.4) is 0 Å². The molecule has 3 aromatic rings. The summed E-state index contributed by atoms with van der Waals surface area (Å²) in [6.45, 7) is 5.12. The molecular weight excluding hydrogens is 362 g/mol. The van der Waals surface area contributed by atoms with Crippen molar-refractivity contribution in [2.45, 2.75) is 20.4 Å². The van der Waals surface area contributed by atoms with Gasteiger partial charge in [0.15, 0.2) is 0 Å². The number of rotatable bonds is 6. The van der Waals surface area contributed by atoms with E-state index in [4.69, 9.17) is 10.5 Å². The number of hydrogen-bond acceptors (Lipinski definition) is 4. The largest absolute Gasteiger partial charge is 0.497 e. The maximum atomic E-state index is 11.4. The van der Waals surface area contributed by atoms with Crippen molar-refractivity contribution < 1.29 is 13.2 Å². The van der Waals surface area contributed by atoms with Crippen LogP contribution in [-0.2, 0) is 16.6 Å². The number of ether oxygens (including phenoxy) is 1. The van der Waals surface area contributed by atoms with Gasteiger partial charge in [-0.1, -0.05) is 26.0 Å². The maximum absolute atomic E-state index is 11.4. The third-order valence-electron chi connectivity index (χ3n) is 4.32. The molecule has 0 saturated carbocycles. The highest BCUT2D eigenvalue weighted by Gasteiger charge is 2.18. The third-order valence-corrected chi connectivity index (χ3v) is 4.93. The molecule has 0 aliphatic rings. The summed E-state index contributed by atoms with van der Waals surface area (Å²) in [5.74, 6) is 1.21. The number of nitrogens with one attached hydrogen (secondary N) is 1. The van der Waals surface area contributed by atoms with E-state index in [9.17, 15) is 8.42 Å². The molecule has 0 unspecified atom stereocenters. The molecule has 0 atom stereocenters. The number of benzene rings is 2. The Kier molecular flexibility index (Phi) is 5.06. The quantitative estimate of drug-likeness (QED) is 0.671. The van der Waals surface area contributed by atoms with E-state index in [1.807, 2.05) is 30.3 Å². The van der Waals surface area contributed by atoms with Crippen LogP contribution >= 0.6 is 0 Å². The molecule has 0 fully saturated rings. The van der Waals surface area contributed by atoms with Gasteiger partial charge in [-0.05, 0) is 30.2 Å². The molecule has 27 heavy (non-hydrogen) atoms. The van der Waals surface area contributed by atoms with Crippen molar-refractivity contribution in [3.63, 3.8) is 0 Å². The normalized spacial score (nSPS) is 11.9. The molecule has 0 radical (unpaired) electrons. The fourth-order valence-electron chi connectivity index (χ4n) is 3.26. The molecule has 7 heteroatoms. The van der Waals surface area contributed by atoms with Gasteiger partial charge in [0.1, 0.15) is 5.75 Å². The Hall–Kier alpha value is -2.67. The lowest BCUT2D eigenvalue weighted by Crippen LogP contribution is -2.09. The zero-order valence-electron chi connectivity index (χ0n) is 16.0. The summed E-state index contributed by atoms with van der Waals surface area (Å²) in [4.78, 5) is 0. The summed E-state index contributed by atoms with van der Waals surface area (Å²) in [6, 6.07) is 13.1. The van der Waals surface area contributed by atoms with E-state index in [0.717, 1.165) is 40.7 Å². The minimum absolute atomic E-state index is 0.427. The van der Waals surface area contributed by atoms with E-state index in [0.29, 0.717) is 17.3 Å². The van der Waals surface area contributed by atoms with Crippen molar-refractivity contribution in [2.24, 2.45) is 5.92 Å². The topological polar surface area (TPSA) is 86.3 Å². The number of fused-ring (bicyclic) bond motifs is 1. The average Bonchev–Trinajstić information content (AvgIpc) is 2.85. The Morgan fingerprint density at radius 3 is 2.37 bits per heavy atom. The van der Waals surface area contributed by atoms with E-state index in [1.54, 1.807) is 19.2 Å². The Labute approximate surface area is 160 Å². The number of aromatic nitrogens is 1. The lowest BCUT2D eigenvalue weighted by molar-refractivity contribution is 0.415. The van der Waals surface area contributed by atoms with Crippen molar-refractivity contribution in [3.05, 3.63) is 42.5 Å². The van der Waals surface area contributed by atoms with E-state index in [2.05, 4.69) is 23.1 Å². The zero-order chi connectivity index (χ0) is 19.8. The third kappa shape index (κ3) is 4.03. The molecule has 3 N–H and O–H groups in total. The Morgan fingerprint density at radius 2 is 1.81 bits per heavy atom. The van der Waals surface area contributed by atoms with Crippen LogP contribution in [0.2, 0.25) is 0 Å². The van der Waals surface area contributed by atoms with Crippen LogP contribution in [0.25, 0.3) is 22.2 Å². The average molecular weight is 388 g/mol. The number of nitrogens with two attached hydrogens (primary N) is 1. The molecule has 0 spiro atoms. The smallest absolute Gasteiger partial charge is 0.229 e. The van der Waals surface area contributed by atoms with Gasteiger partial charge in [-0.3, -0.25) is 4.72 Å². The summed E-state index contributed by atoms with van der Waals surface area (Å²) in [5.41, 5.74) is 10.6. The van der Waals surface area contributed by atoms with Crippen LogP contribution in [0.15, 0.2) is 42.5 Å². The van der Waals surface area contributed by atoms with Crippen LogP contribution in [0.4, 0.5) is 11.4 Å². The maximum Gasteiger partial charge on any atom is 0.229 e. The van der Waals surface area contributed by atoms with Crippen molar-refractivity contribution in [2.75, 3.05) is 23.8 Å². The highest BCUT2D eigenvalue weighted by atomic mass is 32.2.